The van der Waals surface area contributed by atoms with Crippen molar-refractivity contribution in [1.82, 2.24) is 10.2 Å². The van der Waals surface area contributed by atoms with Crippen LogP contribution in [-0.4, -0.2) is 27.2 Å². The summed E-state index contributed by atoms with van der Waals surface area (Å²) in [5.74, 6) is -1.23. The minimum Gasteiger partial charge on any atom is -0.478 e. The zero-order valence-corrected chi connectivity index (χ0v) is 10.3. The fourth-order valence-electron chi connectivity index (χ4n) is 1.03. The SMILES string of the molecule is CC(C)Cc1nnc(NC(=O)/C=C\C(=O)O)s1. The summed E-state index contributed by atoms with van der Waals surface area (Å²) < 4.78 is 0. The van der Waals surface area contributed by atoms with Gasteiger partial charge in [0.1, 0.15) is 5.01 Å². The van der Waals surface area contributed by atoms with Gasteiger partial charge in [-0.25, -0.2) is 4.79 Å². The molecule has 1 aromatic heterocycles. The zero-order chi connectivity index (χ0) is 12.8. The first-order valence-electron chi connectivity index (χ1n) is 5.01. The van der Waals surface area contributed by atoms with Crippen LogP contribution in [0.2, 0.25) is 0 Å². The fraction of sp³-hybridized carbons (Fsp3) is 0.400. The van der Waals surface area contributed by atoms with Crippen molar-refractivity contribution in [2.45, 2.75) is 20.3 Å². The maximum Gasteiger partial charge on any atom is 0.328 e. The molecule has 0 bridgehead atoms. The number of rotatable bonds is 5. The van der Waals surface area contributed by atoms with Crippen molar-refractivity contribution in [2.75, 3.05) is 5.32 Å². The fourth-order valence-corrected chi connectivity index (χ4v) is 1.98. The van der Waals surface area contributed by atoms with E-state index >= 15 is 0 Å². The molecule has 1 heterocycles. The molecule has 0 aliphatic carbocycles. The Balaban J connectivity index is 2.54. The predicted molar refractivity (Wildman–Crippen MR) is 63.9 cm³/mol. The van der Waals surface area contributed by atoms with Crippen molar-refractivity contribution >= 4 is 28.3 Å². The molecule has 0 spiro atoms. The number of aliphatic carboxylic acids is 1. The predicted octanol–water partition coefficient (Wildman–Crippen LogP) is 1.32. The molecule has 0 aromatic carbocycles. The van der Waals surface area contributed by atoms with Crippen LogP contribution in [0.15, 0.2) is 12.2 Å². The van der Waals surface area contributed by atoms with Gasteiger partial charge in [-0.15, -0.1) is 10.2 Å². The van der Waals surface area contributed by atoms with Crippen LogP contribution >= 0.6 is 11.3 Å². The Labute approximate surface area is 102 Å². The first kappa shape index (κ1) is 13.3. The average molecular weight is 255 g/mol. The minimum absolute atomic E-state index is 0.376. The van der Waals surface area contributed by atoms with E-state index < -0.39 is 11.9 Å². The summed E-state index contributed by atoms with van der Waals surface area (Å²) >= 11 is 1.29. The topological polar surface area (TPSA) is 92.2 Å². The van der Waals surface area contributed by atoms with E-state index in [1.165, 1.54) is 11.3 Å². The molecule has 1 rings (SSSR count). The minimum atomic E-state index is -1.17. The highest BCUT2D eigenvalue weighted by Crippen LogP contribution is 2.17. The molecular formula is C10H13N3O3S. The third-order valence-electron chi connectivity index (χ3n) is 1.66. The molecule has 92 valence electrons. The summed E-state index contributed by atoms with van der Waals surface area (Å²) in [7, 11) is 0. The van der Waals surface area contributed by atoms with E-state index in [0.717, 1.165) is 23.6 Å². The van der Waals surface area contributed by atoms with Gasteiger partial charge in [-0.3, -0.25) is 10.1 Å². The summed E-state index contributed by atoms with van der Waals surface area (Å²) in [5, 5.41) is 19.7. The van der Waals surface area contributed by atoms with Crippen LogP contribution in [0.5, 0.6) is 0 Å². The monoisotopic (exact) mass is 255 g/mol. The lowest BCUT2D eigenvalue weighted by Crippen LogP contribution is -2.08. The molecule has 0 aliphatic heterocycles. The second-order valence-corrected chi connectivity index (χ2v) is 4.82. The van der Waals surface area contributed by atoms with Gasteiger partial charge >= 0.3 is 5.97 Å². The standard InChI is InChI=1S/C10H13N3O3S/c1-6(2)5-8-12-13-10(17-8)11-7(14)3-4-9(15)16/h3-4,6H,5H2,1-2H3,(H,15,16)(H,11,13,14)/b4-3-. The highest BCUT2D eigenvalue weighted by atomic mass is 32.1. The van der Waals surface area contributed by atoms with E-state index in [-0.39, 0.29) is 0 Å². The summed E-state index contributed by atoms with van der Waals surface area (Å²) in [6, 6.07) is 0. The Morgan fingerprint density at radius 1 is 1.41 bits per heavy atom. The van der Waals surface area contributed by atoms with Crippen molar-refractivity contribution < 1.29 is 14.7 Å². The summed E-state index contributed by atoms with van der Waals surface area (Å²) in [6.07, 6.45) is 2.51. The molecule has 0 atom stereocenters. The Morgan fingerprint density at radius 2 is 2.12 bits per heavy atom. The molecule has 0 unspecified atom stereocenters. The number of carboxylic acids is 1. The van der Waals surface area contributed by atoms with Gasteiger partial charge in [-0.1, -0.05) is 25.2 Å². The maximum absolute atomic E-state index is 11.2. The van der Waals surface area contributed by atoms with E-state index in [9.17, 15) is 9.59 Å². The van der Waals surface area contributed by atoms with Crippen LogP contribution in [0.3, 0.4) is 0 Å². The smallest absolute Gasteiger partial charge is 0.328 e. The molecule has 7 heteroatoms. The van der Waals surface area contributed by atoms with Gasteiger partial charge in [0, 0.05) is 18.6 Å². The lowest BCUT2D eigenvalue weighted by atomic mass is 10.1. The number of hydrogen-bond acceptors (Lipinski definition) is 5. The van der Waals surface area contributed by atoms with Crippen LogP contribution in [0.25, 0.3) is 0 Å². The molecular weight excluding hydrogens is 242 g/mol. The zero-order valence-electron chi connectivity index (χ0n) is 9.51. The van der Waals surface area contributed by atoms with Gasteiger partial charge in [0.05, 0.1) is 0 Å². The third-order valence-corrected chi connectivity index (χ3v) is 2.52. The van der Waals surface area contributed by atoms with Crippen molar-refractivity contribution in [3.63, 3.8) is 0 Å². The van der Waals surface area contributed by atoms with Gasteiger partial charge in [0.25, 0.3) is 0 Å². The highest BCUT2D eigenvalue weighted by molar-refractivity contribution is 7.15. The number of amides is 1. The van der Waals surface area contributed by atoms with Gasteiger partial charge in [0.15, 0.2) is 0 Å². The lowest BCUT2D eigenvalue weighted by Gasteiger charge is -1.97. The molecule has 0 fully saturated rings. The van der Waals surface area contributed by atoms with E-state index in [4.69, 9.17) is 5.11 Å². The first-order chi connectivity index (χ1) is 7.97. The Kier molecular flexibility index (Phi) is 4.77. The molecule has 1 amide bonds. The lowest BCUT2D eigenvalue weighted by molar-refractivity contribution is -0.131. The van der Waals surface area contributed by atoms with Crippen molar-refractivity contribution in [1.29, 1.82) is 0 Å². The number of carbonyl (C=O) groups excluding carboxylic acids is 1. The molecule has 6 nitrogen and oxygen atoms in total. The second kappa shape index (κ2) is 6.09. The van der Waals surface area contributed by atoms with Gasteiger partial charge in [0.2, 0.25) is 11.0 Å². The molecule has 0 aliphatic rings. The number of carboxylic acid groups (broad SMARTS) is 1. The Morgan fingerprint density at radius 3 is 2.71 bits per heavy atom. The van der Waals surface area contributed by atoms with Crippen LogP contribution in [-0.2, 0) is 16.0 Å². The van der Waals surface area contributed by atoms with Gasteiger partial charge in [-0.05, 0) is 5.92 Å². The molecule has 0 saturated carbocycles. The Bertz CT molecular complexity index is 440. The normalized spacial score (nSPS) is 11.0. The third kappa shape index (κ3) is 5.21. The number of hydrogen-bond donors (Lipinski definition) is 2. The van der Waals surface area contributed by atoms with Crippen LogP contribution < -0.4 is 5.32 Å². The van der Waals surface area contributed by atoms with Crippen LogP contribution in [0.1, 0.15) is 18.9 Å². The number of nitrogens with one attached hydrogen (secondary N) is 1. The molecule has 0 radical (unpaired) electrons. The number of anilines is 1. The largest absolute Gasteiger partial charge is 0.478 e. The van der Waals surface area contributed by atoms with Crippen LogP contribution in [0, 0.1) is 5.92 Å². The van der Waals surface area contributed by atoms with Crippen LogP contribution in [0.4, 0.5) is 5.13 Å². The summed E-state index contributed by atoms with van der Waals surface area (Å²) in [5.41, 5.74) is 0. The molecule has 2 N–H and O–H groups in total. The average Bonchev–Trinajstić information content (AvgIpc) is 2.61. The van der Waals surface area contributed by atoms with Crippen molar-refractivity contribution in [3.05, 3.63) is 17.2 Å². The number of nitrogens with zero attached hydrogens (tertiary/aromatic N) is 2. The van der Waals surface area contributed by atoms with Gasteiger partial charge < -0.3 is 5.11 Å². The van der Waals surface area contributed by atoms with E-state index in [1.54, 1.807) is 0 Å². The number of carbonyl (C=O) groups is 2. The summed E-state index contributed by atoms with van der Waals surface area (Å²) in [6.45, 7) is 4.13. The van der Waals surface area contributed by atoms with E-state index in [1.807, 2.05) is 0 Å². The second-order valence-electron chi connectivity index (χ2n) is 3.76. The molecule has 1 aromatic rings. The molecule has 0 saturated heterocycles. The summed E-state index contributed by atoms with van der Waals surface area (Å²) in [4.78, 5) is 21.4. The molecule has 17 heavy (non-hydrogen) atoms. The van der Waals surface area contributed by atoms with Gasteiger partial charge in [-0.2, -0.15) is 0 Å². The first-order valence-corrected chi connectivity index (χ1v) is 5.83. The Hall–Kier alpha value is -1.76. The highest BCUT2D eigenvalue weighted by Gasteiger charge is 2.07. The van der Waals surface area contributed by atoms with E-state index in [0.29, 0.717) is 11.0 Å². The number of aromatic nitrogens is 2. The van der Waals surface area contributed by atoms with Crippen molar-refractivity contribution in [2.24, 2.45) is 5.92 Å². The van der Waals surface area contributed by atoms with Crippen molar-refractivity contribution in [3.8, 4) is 0 Å². The maximum atomic E-state index is 11.2. The quantitative estimate of drug-likeness (QED) is 0.774. The van der Waals surface area contributed by atoms with E-state index in [2.05, 4.69) is 29.4 Å².